The highest BCUT2D eigenvalue weighted by molar-refractivity contribution is 6.27. The maximum absolute atomic E-state index is 12.0. The van der Waals surface area contributed by atoms with E-state index in [-0.39, 0.29) is 13.0 Å². The summed E-state index contributed by atoms with van der Waals surface area (Å²) in [6.45, 7) is 0.208. The third-order valence-electron chi connectivity index (χ3n) is 3.09. The fourth-order valence-electron chi connectivity index (χ4n) is 1.95. The maximum Gasteiger partial charge on any atom is 0.357 e. The molecule has 0 N–H and O–H groups in total. The van der Waals surface area contributed by atoms with Gasteiger partial charge in [-0.3, -0.25) is 9.59 Å². The molecule has 0 aromatic heterocycles. The molecule has 1 aliphatic rings. The summed E-state index contributed by atoms with van der Waals surface area (Å²) in [6.07, 6.45) is -0.700. The lowest BCUT2D eigenvalue weighted by Crippen LogP contribution is -2.46. The molecule has 1 fully saturated rings. The summed E-state index contributed by atoms with van der Waals surface area (Å²) in [6, 6.07) is 8.44. The number of carbonyl (C=O) groups excluding carboxylic acids is 3. The van der Waals surface area contributed by atoms with E-state index in [9.17, 15) is 14.4 Å². The number of ketones is 1. The first-order valence-corrected chi connectivity index (χ1v) is 6.01. The first-order valence-electron chi connectivity index (χ1n) is 6.01. The topological polar surface area (TPSA) is 70.2 Å². The SMILES string of the molecule is CN1CN(OC(=O)c2ccccc2)C(C(=O)C=O)N1C. The van der Waals surface area contributed by atoms with Gasteiger partial charge in [0.1, 0.15) is 6.67 Å². The van der Waals surface area contributed by atoms with Crippen molar-refractivity contribution in [2.45, 2.75) is 6.17 Å². The van der Waals surface area contributed by atoms with Crippen molar-refractivity contribution >= 4 is 18.0 Å². The number of hydrogen-bond donors (Lipinski definition) is 0. The van der Waals surface area contributed by atoms with E-state index in [1.54, 1.807) is 49.4 Å². The second kappa shape index (κ2) is 5.91. The van der Waals surface area contributed by atoms with Crippen molar-refractivity contribution in [3.63, 3.8) is 0 Å². The van der Waals surface area contributed by atoms with Gasteiger partial charge in [-0.15, -0.1) is 0 Å². The maximum atomic E-state index is 12.0. The van der Waals surface area contributed by atoms with Crippen LogP contribution >= 0.6 is 0 Å². The van der Waals surface area contributed by atoms with Gasteiger partial charge >= 0.3 is 5.97 Å². The first-order chi connectivity index (χ1) is 9.54. The number of aldehydes is 1. The number of hydrogen-bond acceptors (Lipinski definition) is 7. The first kappa shape index (κ1) is 14.3. The van der Waals surface area contributed by atoms with Crippen LogP contribution in [0.4, 0.5) is 0 Å². The van der Waals surface area contributed by atoms with Gasteiger partial charge in [0.25, 0.3) is 0 Å². The van der Waals surface area contributed by atoms with Crippen molar-refractivity contribution < 1.29 is 19.2 Å². The largest absolute Gasteiger partial charge is 0.360 e. The fourth-order valence-corrected chi connectivity index (χ4v) is 1.95. The average Bonchev–Trinajstić information content (AvgIpc) is 2.74. The van der Waals surface area contributed by atoms with Crippen LogP contribution in [0.25, 0.3) is 0 Å². The average molecular weight is 277 g/mol. The van der Waals surface area contributed by atoms with Crippen LogP contribution in [0.5, 0.6) is 0 Å². The number of benzene rings is 1. The number of nitrogens with zero attached hydrogens (tertiary/aromatic N) is 3. The van der Waals surface area contributed by atoms with Crippen molar-refractivity contribution in [2.24, 2.45) is 0 Å². The fraction of sp³-hybridized carbons (Fsp3) is 0.308. The highest BCUT2D eigenvalue weighted by atomic mass is 16.7. The molecule has 0 aliphatic carbocycles. The molecule has 1 atom stereocenters. The Labute approximate surface area is 116 Å². The van der Waals surface area contributed by atoms with E-state index < -0.39 is 17.9 Å². The Bertz CT molecular complexity index is 520. The van der Waals surface area contributed by atoms with Gasteiger partial charge < -0.3 is 4.84 Å². The number of hydroxylamine groups is 2. The predicted octanol–water partition coefficient (Wildman–Crippen LogP) is -0.0958. The minimum absolute atomic E-state index is 0.208. The number of rotatable bonds is 4. The normalized spacial score (nSPS) is 20.8. The Kier molecular flexibility index (Phi) is 4.23. The van der Waals surface area contributed by atoms with Gasteiger partial charge in [-0.1, -0.05) is 23.3 Å². The molecule has 7 heteroatoms. The van der Waals surface area contributed by atoms with Gasteiger partial charge in [0.05, 0.1) is 5.56 Å². The lowest BCUT2D eigenvalue weighted by atomic mass is 10.2. The molecule has 1 unspecified atom stereocenters. The minimum Gasteiger partial charge on any atom is -0.360 e. The lowest BCUT2D eigenvalue weighted by Gasteiger charge is -2.23. The smallest absolute Gasteiger partial charge is 0.357 e. The zero-order chi connectivity index (χ0) is 14.7. The van der Waals surface area contributed by atoms with Gasteiger partial charge in [-0.25, -0.2) is 14.8 Å². The van der Waals surface area contributed by atoms with Crippen LogP contribution in [0.15, 0.2) is 30.3 Å². The summed E-state index contributed by atoms with van der Waals surface area (Å²) in [7, 11) is 3.36. The third kappa shape index (κ3) is 2.74. The number of Topliss-reactive ketones (excluding diaryl/α,β-unsaturated/α-hetero) is 1. The molecule has 0 spiro atoms. The highest BCUT2D eigenvalue weighted by Gasteiger charge is 2.41. The molecule has 0 amide bonds. The van der Waals surface area contributed by atoms with Gasteiger partial charge in [0.2, 0.25) is 5.78 Å². The van der Waals surface area contributed by atoms with Crippen LogP contribution in [-0.2, 0) is 14.4 Å². The molecule has 1 saturated heterocycles. The molecule has 0 saturated carbocycles. The van der Waals surface area contributed by atoms with Crippen LogP contribution in [0, 0.1) is 0 Å². The molecule has 1 heterocycles. The van der Waals surface area contributed by atoms with E-state index in [0.717, 1.165) is 0 Å². The van der Waals surface area contributed by atoms with Crippen molar-refractivity contribution in [3.8, 4) is 0 Å². The Balaban J connectivity index is 2.13. The van der Waals surface area contributed by atoms with Gasteiger partial charge in [-0.05, 0) is 12.1 Å². The number of likely N-dealkylation sites (N-methyl/N-ethyl adjacent to an activating group) is 1. The monoisotopic (exact) mass is 277 g/mol. The quantitative estimate of drug-likeness (QED) is 0.562. The molecule has 1 aromatic carbocycles. The molecular formula is C13H15N3O4. The number of carbonyl (C=O) groups is 3. The summed E-state index contributed by atoms with van der Waals surface area (Å²) >= 11 is 0. The van der Waals surface area contributed by atoms with Crippen LogP contribution < -0.4 is 0 Å². The molecule has 2 rings (SSSR count). The zero-order valence-electron chi connectivity index (χ0n) is 11.2. The summed E-state index contributed by atoms with van der Waals surface area (Å²) in [4.78, 5) is 39.5. The third-order valence-corrected chi connectivity index (χ3v) is 3.09. The van der Waals surface area contributed by atoms with E-state index in [2.05, 4.69) is 0 Å². The standard InChI is InChI=1S/C13H15N3O4/c1-14-9-16(12(15(14)2)11(18)8-17)20-13(19)10-6-4-3-5-7-10/h3-8,12H,9H2,1-2H3. The second-order valence-corrected chi connectivity index (χ2v) is 4.43. The van der Waals surface area contributed by atoms with Crippen LogP contribution in [0.2, 0.25) is 0 Å². The summed E-state index contributed by atoms with van der Waals surface area (Å²) in [5.74, 6) is -1.24. The van der Waals surface area contributed by atoms with E-state index in [4.69, 9.17) is 4.84 Å². The summed E-state index contributed by atoms with van der Waals surface area (Å²) in [5.41, 5.74) is 0.377. The molecular weight excluding hydrogens is 262 g/mol. The summed E-state index contributed by atoms with van der Waals surface area (Å²) < 4.78 is 0. The Morgan fingerprint density at radius 2 is 1.90 bits per heavy atom. The van der Waals surface area contributed by atoms with E-state index in [1.165, 1.54) is 10.1 Å². The van der Waals surface area contributed by atoms with Gasteiger partial charge in [-0.2, -0.15) is 0 Å². The highest BCUT2D eigenvalue weighted by Crippen LogP contribution is 2.18. The van der Waals surface area contributed by atoms with E-state index in [1.807, 2.05) is 0 Å². The van der Waals surface area contributed by atoms with E-state index in [0.29, 0.717) is 5.56 Å². The van der Waals surface area contributed by atoms with Crippen LogP contribution in [0.1, 0.15) is 10.4 Å². The second-order valence-electron chi connectivity index (χ2n) is 4.43. The molecule has 106 valence electrons. The minimum atomic E-state index is -0.926. The van der Waals surface area contributed by atoms with Gasteiger partial charge in [0.15, 0.2) is 12.5 Å². The van der Waals surface area contributed by atoms with Crippen molar-refractivity contribution in [1.82, 2.24) is 15.1 Å². The Morgan fingerprint density at radius 3 is 2.50 bits per heavy atom. The Hall–Kier alpha value is -2.09. The molecule has 20 heavy (non-hydrogen) atoms. The van der Waals surface area contributed by atoms with Crippen LogP contribution in [0.3, 0.4) is 0 Å². The van der Waals surface area contributed by atoms with Gasteiger partial charge in [0, 0.05) is 14.1 Å². The predicted molar refractivity (Wildman–Crippen MR) is 68.9 cm³/mol. The van der Waals surface area contributed by atoms with Crippen molar-refractivity contribution in [1.29, 1.82) is 0 Å². The molecule has 0 radical (unpaired) electrons. The molecule has 0 bridgehead atoms. The lowest BCUT2D eigenvalue weighted by molar-refractivity contribution is -0.158. The van der Waals surface area contributed by atoms with Crippen molar-refractivity contribution in [2.75, 3.05) is 20.8 Å². The molecule has 7 nitrogen and oxygen atoms in total. The molecule has 1 aliphatic heterocycles. The Morgan fingerprint density at radius 1 is 1.25 bits per heavy atom. The van der Waals surface area contributed by atoms with E-state index >= 15 is 0 Å². The summed E-state index contributed by atoms with van der Waals surface area (Å²) in [5, 5.41) is 4.39. The zero-order valence-corrected chi connectivity index (χ0v) is 11.2. The number of hydrazine groups is 1. The van der Waals surface area contributed by atoms with Crippen molar-refractivity contribution in [3.05, 3.63) is 35.9 Å². The van der Waals surface area contributed by atoms with Crippen LogP contribution in [-0.4, -0.2) is 60.0 Å². The molecule has 1 aromatic rings.